The number of thiazole rings is 1. The molecule has 0 unspecified atom stereocenters. The van der Waals surface area contributed by atoms with Gasteiger partial charge in [-0.15, -0.1) is 11.3 Å². The Morgan fingerprint density at radius 2 is 2.20 bits per heavy atom. The van der Waals surface area contributed by atoms with Crippen LogP contribution in [-0.4, -0.2) is 11.0 Å². The second-order valence-electron chi connectivity index (χ2n) is 5.30. The predicted octanol–water partition coefficient (Wildman–Crippen LogP) is 2.86. The van der Waals surface area contributed by atoms with Crippen molar-refractivity contribution in [2.75, 3.05) is 0 Å². The van der Waals surface area contributed by atoms with Gasteiger partial charge in [-0.1, -0.05) is 27.7 Å². The van der Waals surface area contributed by atoms with Crippen molar-refractivity contribution in [1.29, 1.82) is 0 Å². The zero-order valence-electron chi connectivity index (χ0n) is 10.1. The fraction of sp³-hybridized carbons (Fsp3) is 0.750. The van der Waals surface area contributed by atoms with Crippen LogP contribution in [0.15, 0.2) is 0 Å². The van der Waals surface area contributed by atoms with Crippen molar-refractivity contribution in [2.24, 2.45) is 0 Å². The van der Waals surface area contributed by atoms with Gasteiger partial charge in [0.05, 0.1) is 5.69 Å². The summed E-state index contributed by atoms with van der Waals surface area (Å²) in [7, 11) is 0. The van der Waals surface area contributed by atoms with Gasteiger partial charge in [0.15, 0.2) is 0 Å². The summed E-state index contributed by atoms with van der Waals surface area (Å²) in [4.78, 5) is 6.29. The van der Waals surface area contributed by atoms with Crippen LogP contribution in [0.25, 0.3) is 0 Å². The summed E-state index contributed by atoms with van der Waals surface area (Å²) in [6, 6.07) is 0.539. The predicted molar refractivity (Wildman–Crippen MR) is 65.4 cm³/mol. The summed E-state index contributed by atoms with van der Waals surface area (Å²) in [5, 5.41) is 4.68. The molecule has 1 aliphatic carbocycles. The molecule has 0 saturated heterocycles. The van der Waals surface area contributed by atoms with E-state index in [9.17, 15) is 0 Å². The molecule has 1 heterocycles. The second kappa shape index (κ2) is 3.87. The van der Waals surface area contributed by atoms with E-state index >= 15 is 0 Å². The van der Waals surface area contributed by atoms with Gasteiger partial charge in [-0.3, -0.25) is 0 Å². The van der Waals surface area contributed by atoms with Crippen molar-refractivity contribution in [2.45, 2.75) is 58.5 Å². The van der Waals surface area contributed by atoms with Gasteiger partial charge in [0.1, 0.15) is 5.01 Å². The number of rotatable bonds is 3. The van der Waals surface area contributed by atoms with Crippen molar-refractivity contribution in [3.05, 3.63) is 15.6 Å². The molecule has 0 atom stereocenters. The van der Waals surface area contributed by atoms with Crippen LogP contribution in [0.1, 0.15) is 49.7 Å². The largest absolute Gasteiger partial charge is 0.308 e. The summed E-state index contributed by atoms with van der Waals surface area (Å²) >= 11 is 1.89. The average Bonchev–Trinajstić information content (AvgIpc) is 2.65. The zero-order valence-corrected chi connectivity index (χ0v) is 10.9. The minimum Gasteiger partial charge on any atom is -0.308 e. The number of nitrogens with zero attached hydrogens (tertiary/aromatic N) is 1. The highest BCUT2D eigenvalue weighted by molar-refractivity contribution is 7.11. The lowest BCUT2D eigenvalue weighted by atomic mass is 9.91. The molecule has 0 aliphatic heterocycles. The first kappa shape index (κ1) is 11.1. The summed E-state index contributed by atoms with van der Waals surface area (Å²) in [6.07, 6.45) is 2.49. The van der Waals surface area contributed by atoms with Crippen LogP contribution in [0.2, 0.25) is 0 Å². The average molecular weight is 224 g/mol. The van der Waals surface area contributed by atoms with Crippen LogP contribution in [0.3, 0.4) is 0 Å². The monoisotopic (exact) mass is 224 g/mol. The van der Waals surface area contributed by atoms with E-state index in [4.69, 9.17) is 4.98 Å². The quantitative estimate of drug-likeness (QED) is 0.854. The van der Waals surface area contributed by atoms with E-state index in [1.54, 1.807) is 0 Å². The standard InChI is InChI=1S/C12H20N2S/c1-8(2)13-7-10-14-11-9(15-10)5-6-12(11,3)4/h8,13H,5-7H2,1-4H3. The van der Waals surface area contributed by atoms with Crippen molar-refractivity contribution in [3.8, 4) is 0 Å². The van der Waals surface area contributed by atoms with E-state index in [1.165, 1.54) is 28.4 Å². The van der Waals surface area contributed by atoms with Crippen molar-refractivity contribution >= 4 is 11.3 Å². The molecule has 0 saturated carbocycles. The molecule has 84 valence electrons. The highest BCUT2D eigenvalue weighted by atomic mass is 32.1. The Kier molecular flexibility index (Phi) is 2.86. The summed E-state index contributed by atoms with van der Waals surface area (Å²) in [6.45, 7) is 9.87. The lowest BCUT2D eigenvalue weighted by molar-refractivity contribution is 0.506. The molecule has 1 N–H and O–H groups in total. The lowest BCUT2D eigenvalue weighted by Gasteiger charge is -2.15. The first-order valence-electron chi connectivity index (χ1n) is 5.71. The number of nitrogens with one attached hydrogen (secondary N) is 1. The fourth-order valence-corrected chi connectivity index (χ4v) is 3.21. The van der Waals surface area contributed by atoms with E-state index in [0.29, 0.717) is 11.5 Å². The molecular weight excluding hydrogens is 204 g/mol. The molecule has 0 spiro atoms. The summed E-state index contributed by atoms with van der Waals surface area (Å²) < 4.78 is 0. The SMILES string of the molecule is CC(C)NCc1nc2c(s1)CCC2(C)C. The van der Waals surface area contributed by atoms with Crippen LogP contribution < -0.4 is 5.32 Å². The third-order valence-electron chi connectivity index (χ3n) is 3.02. The number of aryl methyl sites for hydroxylation is 1. The van der Waals surface area contributed by atoms with E-state index < -0.39 is 0 Å². The van der Waals surface area contributed by atoms with Gasteiger partial charge in [-0.05, 0) is 12.8 Å². The third-order valence-corrected chi connectivity index (χ3v) is 4.14. The zero-order chi connectivity index (χ0) is 11.1. The maximum atomic E-state index is 4.77. The number of fused-ring (bicyclic) bond motifs is 1. The maximum Gasteiger partial charge on any atom is 0.107 e. The van der Waals surface area contributed by atoms with Crippen LogP contribution in [0.4, 0.5) is 0 Å². The van der Waals surface area contributed by atoms with Gasteiger partial charge in [-0.2, -0.15) is 0 Å². The van der Waals surface area contributed by atoms with Crippen LogP contribution in [-0.2, 0) is 18.4 Å². The Morgan fingerprint density at radius 3 is 2.80 bits per heavy atom. The van der Waals surface area contributed by atoms with Crippen LogP contribution in [0.5, 0.6) is 0 Å². The molecule has 2 rings (SSSR count). The maximum absolute atomic E-state index is 4.77. The van der Waals surface area contributed by atoms with Gasteiger partial charge >= 0.3 is 0 Å². The first-order chi connectivity index (χ1) is 6.99. The van der Waals surface area contributed by atoms with Gasteiger partial charge in [0, 0.05) is 22.9 Å². The van der Waals surface area contributed by atoms with Crippen molar-refractivity contribution < 1.29 is 0 Å². The highest BCUT2D eigenvalue weighted by Crippen LogP contribution is 2.40. The van der Waals surface area contributed by atoms with Crippen LogP contribution >= 0.6 is 11.3 Å². The number of aromatic nitrogens is 1. The first-order valence-corrected chi connectivity index (χ1v) is 6.53. The molecule has 0 fully saturated rings. The smallest absolute Gasteiger partial charge is 0.107 e. The normalized spacial score (nSPS) is 18.5. The van der Waals surface area contributed by atoms with E-state index in [0.717, 1.165) is 6.54 Å². The van der Waals surface area contributed by atoms with Crippen LogP contribution in [0, 0.1) is 0 Å². The molecular formula is C12H20N2S. The molecule has 0 amide bonds. The molecule has 0 radical (unpaired) electrons. The molecule has 3 heteroatoms. The minimum atomic E-state index is 0.307. The Bertz CT molecular complexity index is 353. The fourth-order valence-electron chi connectivity index (χ4n) is 2.01. The topological polar surface area (TPSA) is 24.9 Å². The Morgan fingerprint density at radius 1 is 1.47 bits per heavy atom. The number of hydrogen-bond acceptors (Lipinski definition) is 3. The molecule has 1 aromatic rings. The Hall–Kier alpha value is -0.410. The molecule has 0 aromatic carbocycles. The van der Waals surface area contributed by atoms with Gasteiger partial charge in [0.2, 0.25) is 0 Å². The minimum absolute atomic E-state index is 0.307. The summed E-state index contributed by atoms with van der Waals surface area (Å²) in [5.74, 6) is 0. The Balaban J connectivity index is 2.11. The second-order valence-corrected chi connectivity index (χ2v) is 6.47. The molecule has 0 bridgehead atoms. The third kappa shape index (κ3) is 2.23. The molecule has 15 heavy (non-hydrogen) atoms. The van der Waals surface area contributed by atoms with Crippen molar-refractivity contribution in [1.82, 2.24) is 10.3 Å². The van der Waals surface area contributed by atoms with Gasteiger partial charge in [-0.25, -0.2) is 4.98 Å². The van der Waals surface area contributed by atoms with Gasteiger partial charge in [0.25, 0.3) is 0 Å². The lowest BCUT2D eigenvalue weighted by Crippen LogP contribution is -2.22. The Labute approximate surface area is 96.1 Å². The van der Waals surface area contributed by atoms with E-state index in [-0.39, 0.29) is 0 Å². The van der Waals surface area contributed by atoms with E-state index in [2.05, 4.69) is 33.0 Å². The molecule has 2 nitrogen and oxygen atoms in total. The van der Waals surface area contributed by atoms with E-state index in [1.807, 2.05) is 11.3 Å². The molecule has 1 aromatic heterocycles. The number of hydrogen-bond donors (Lipinski definition) is 1. The van der Waals surface area contributed by atoms with Gasteiger partial charge < -0.3 is 5.32 Å². The van der Waals surface area contributed by atoms with Crippen molar-refractivity contribution in [3.63, 3.8) is 0 Å². The highest BCUT2D eigenvalue weighted by Gasteiger charge is 2.33. The summed E-state index contributed by atoms with van der Waals surface area (Å²) in [5.41, 5.74) is 1.66. The molecule has 1 aliphatic rings.